The Labute approximate surface area is 100 Å². The number of carbonyl (C=O) groups excluding carboxylic acids is 1. The summed E-state index contributed by atoms with van der Waals surface area (Å²) in [4.78, 5) is 11.6. The van der Waals surface area contributed by atoms with E-state index < -0.39 is 0 Å². The molecule has 0 bridgehead atoms. The second-order valence-electron chi connectivity index (χ2n) is 4.17. The summed E-state index contributed by atoms with van der Waals surface area (Å²) in [6.07, 6.45) is 2.54. The molecule has 1 atom stereocenters. The summed E-state index contributed by atoms with van der Waals surface area (Å²) in [7, 11) is 0. The van der Waals surface area contributed by atoms with Crippen molar-refractivity contribution in [1.82, 2.24) is 4.57 Å². The van der Waals surface area contributed by atoms with Crippen LogP contribution in [-0.2, 0) is 0 Å². The first-order chi connectivity index (χ1) is 8.15. The van der Waals surface area contributed by atoms with E-state index >= 15 is 0 Å². The van der Waals surface area contributed by atoms with Gasteiger partial charge in [0.15, 0.2) is 0 Å². The third kappa shape index (κ3) is 2.09. The molecule has 90 valence electrons. The molecule has 0 aliphatic rings. The van der Waals surface area contributed by atoms with E-state index in [9.17, 15) is 4.79 Å². The van der Waals surface area contributed by atoms with Crippen molar-refractivity contribution in [3.8, 4) is 0 Å². The van der Waals surface area contributed by atoms with Gasteiger partial charge in [0.05, 0.1) is 5.52 Å². The molecule has 0 amide bonds. The number of hydrogen-bond acceptors (Lipinski definition) is 3. The molecule has 4 nitrogen and oxygen atoms in total. The average Bonchev–Trinajstić information content (AvgIpc) is 2.69. The van der Waals surface area contributed by atoms with Crippen molar-refractivity contribution in [3.05, 3.63) is 36.0 Å². The third-order valence-electron chi connectivity index (χ3n) is 2.96. The summed E-state index contributed by atoms with van der Waals surface area (Å²) in [5, 5.41) is 1.03. The third-order valence-corrected chi connectivity index (χ3v) is 2.96. The van der Waals surface area contributed by atoms with E-state index in [2.05, 4.69) is 0 Å². The molecule has 17 heavy (non-hydrogen) atoms. The standard InChI is InChI=1S/C13H17N3O/c1-9(17)16-8-11(12(15)6-7-14)10-4-2-3-5-13(10)16/h2-5,8,12H,6-7,14-15H2,1H3/t12-/m1/s1. The maximum Gasteiger partial charge on any atom is 0.227 e. The highest BCUT2D eigenvalue weighted by molar-refractivity contribution is 5.93. The van der Waals surface area contributed by atoms with Gasteiger partial charge in [0.1, 0.15) is 0 Å². The highest BCUT2D eigenvalue weighted by Crippen LogP contribution is 2.26. The molecule has 4 heteroatoms. The minimum atomic E-state index is -0.120. The molecule has 1 aromatic carbocycles. The Morgan fingerprint density at radius 3 is 2.76 bits per heavy atom. The smallest absolute Gasteiger partial charge is 0.227 e. The van der Waals surface area contributed by atoms with Gasteiger partial charge < -0.3 is 11.5 Å². The van der Waals surface area contributed by atoms with Crippen molar-refractivity contribution in [2.24, 2.45) is 11.5 Å². The lowest BCUT2D eigenvalue weighted by molar-refractivity contribution is 0.0941. The van der Waals surface area contributed by atoms with Gasteiger partial charge in [-0.1, -0.05) is 18.2 Å². The van der Waals surface area contributed by atoms with E-state index in [1.54, 1.807) is 11.5 Å². The molecule has 0 aliphatic heterocycles. The number of rotatable bonds is 3. The van der Waals surface area contributed by atoms with E-state index in [0.717, 1.165) is 16.5 Å². The quantitative estimate of drug-likeness (QED) is 0.843. The Balaban J connectivity index is 2.60. The van der Waals surface area contributed by atoms with Crippen molar-refractivity contribution in [2.75, 3.05) is 6.54 Å². The molecule has 0 saturated carbocycles. The number of carbonyl (C=O) groups is 1. The van der Waals surface area contributed by atoms with Crippen LogP contribution in [0.3, 0.4) is 0 Å². The van der Waals surface area contributed by atoms with Crippen LogP contribution < -0.4 is 11.5 Å². The van der Waals surface area contributed by atoms with E-state index in [0.29, 0.717) is 13.0 Å². The van der Waals surface area contributed by atoms with E-state index in [-0.39, 0.29) is 11.9 Å². The Bertz CT molecular complexity index is 545. The van der Waals surface area contributed by atoms with Gasteiger partial charge in [-0.15, -0.1) is 0 Å². The summed E-state index contributed by atoms with van der Waals surface area (Å²) in [6.45, 7) is 2.09. The van der Waals surface area contributed by atoms with Crippen LogP contribution in [-0.4, -0.2) is 17.0 Å². The zero-order valence-corrected chi connectivity index (χ0v) is 9.89. The second kappa shape index (κ2) is 4.69. The van der Waals surface area contributed by atoms with Crippen LogP contribution in [0.4, 0.5) is 0 Å². The summed E-state index contributed by atoms with van der Waals surface area (Å²) in [5.74, 6) is -0.00704. The lowest BCUT2D eigenvalue weighted by Crippen LogP contribution is -2.15. The minimum Gasteiger partial charge on any atom is -0.330 e. The minimum absolute atomic E-state index is 0.00704. The van der Waals surface area contributed by atoms with Crippen molar-refractivity contribution in [3.63, 3.8) is 0 Å². The zero-order chi connectivity index (χ0) is 12.4. The van der Waals surface area contributed by atoms with Gasteiger partial charge in [0.2, 0.25) is 5.91 Å². The molecule has 0 fully saturated rings. The number of hydrogen-bond donors (Lipinski definition) is 2. The fraction of sp³-hybridized carbons (Fsp3) is 0.308. The van der Waals surface area contributed by atoms with Crippen LogP contribution in [0.5, 0.6) is 0 Å². The Kier molecular flexibility index (Phi) is 3.26. The number of nitrogens with two attached hydrogens (primary N) is 2. The second-order valence-corrected chi connectivity index (χ2v) is 4.17. The lowest BCUT2D eigenvalue weighted by atomic mass is 10.0. The monoisotopic (exact) mass is 231 g/mol. The van der Waals surface area contributed by atoms with Gasteiger partial charge in [-0.25, -0.2) is 0 Å². The largest absolute Gasteiger partial charge is 0.330 e. The molecule has 2 rings (SSSR count). The average molecular weight is 231 g/mol. The van der Waals surface area contributed by atoms with Gasteiger partial charge >= 0.3 is 0 Å². The van der Waals surface area contributed by atoms with Gasteiger partial charge in [0.25, 0.3) is 0 Å². The summed E-state index contributed by atoms with van der Waals surface area (Å²) >= 11 is 0. The normalized spacial score (nSPS) is 12.9. The van der Waals surface area contributed by atoms with E-state index in [1.807, 2.05) is 30.5 Å². The molecular weight excluding hydrogens is 214 g/mol. The first-order valence-corrected chi connectivity index (χ1v) is 5.71. The van der Waals surface area contributed by atoms with Crippen molar-refractivity contribution >= 4 is 16.8 Å². The predicted octanol–water partition coefficient (Wildman–Crippen LogP) is 1.65. The van der Waals surface area contributed by atoms with E-state index in [4.69, 9.17) is 11.5 Å². The maximum absolute atomic E-state index is 11.6. The van der Waals surface area contributed by atoms with Gasteiger partial charge in [-0.3, -0.25) is 9.36 Å². The number of nitrogens with zero attached hydrogens (tertiary/aromatic N) is 1. The Morgan fingerprint density at radius 2 is 2.12 bits per heavy atom. The van der Waals surface area contributed by atoms with Crippen LogP contribution in [0.15, 0.2) is 30.5 Å². The van der Waals surface area contributed by atoms with Gasteiger partial charge in [-0.05, 0) is 24.6 Å². The molecule has 0 spiro atoms. The first kappa shape index (κ1) is 11.8. The number of fused-ring (bicyclic) bond motifs is 1. The lowest BCUT2D eigenvalue weighted by Gasteiger charge is -2.08. The van der Waals surface area contributed by atoms with Crippen molar-refractivity contribution < 1.29 is 4.79 Å². The first-order valence-electron chi connectivity index (χ1n) is 5.71. The highest BCUT2D eigenvalue weighted by atomic mass is 16.1. The van der Waals surface area contributed by atoms with Crippen LogP contribution in [0.1, 0.15) is 29.7 Å². The van der Waals surface area contributed by atoms with Gasteiger partial charge in [-0.2, -0.15) is 0 Å². The highest BCUT2D eigenvalue weighted by Gasteiger charge is 2.15. The number of aromatic nitrogens is 1. The summed E-state index contributed by atoms with van der Waals surface area (Å²) in [5.41, 5.74) is 13.5. The van der Waals surface area contributed by atoms with E-state index in [1.165, 1.54) is 0 Å². The molecular formula is C13H17N3O. The Morgan fingerprint density at radius 1 is 1.41 bits per heavy atom. The van der Waals surface area contributed by atoms with Crippen LogP contribution in [0.25, 0.3) is 10.9 Å². The fourth-order valence-corrected chi connectivity index (χ4v) is 2.10. The topological polar surface area (TPSA) is 74.0 Å². The van der Waals surface area contributed by atoms with Crippen LogP contribution >= 0.6 is 0 Å². The molecule has 4 N–H and O–H groups in total. The van der Waals surface area contributed by atoms with Gasteiger partial charge in [0, 0.05) is 24.5 Å². The Hall–Kier alpha value is -1.65. The molecule has 0 unspecified atom stereocenters. The molecule has 0 saturated heterocycles. The fourth-order valence-electron chi connectivity index (χ4n) is 2.10. The SMILES string of the molecule is CC(=O)n1cc([C@H](N)CCN)c2ccccc21. The number of para-hydroxylation sites is 1. The summed E-state index contributed by atoms with van der Waals surface area (Å²) in [6, 6.07) is 7.66. The van der Waals surface area contributed by atoms with Crippen LogP contribution in [0, 0.1) is 0 Å². The molecule has 1 heterocycles. The predicted molar refractivity (Wildman–Crippen MR) is 68.8 cm³/mol. The molecule has 0 aliphatic carbocycles. The van der Waals surface area contributed by atoms with Crippen molar-refractivity contribution in [1.29, 1.82) is 0 Å². The molecule has 2 aromatic rings. The van der Waals surface area contributed by atoms with Crippen molar-refractivity contribution in [2.45, 2.75) is 19.4 Å². The maximum atomic E-state index is 11.6. The van der Waals surface area contributed by atoms with Crippen LogP contribution in [0.2, 0.25) is 0 Å². The molecule has 0 radical (unpaired) electrons. The molecule has 1 aromatic heterocycles. The summed E-state index contributed by atoms with van der Waals surface area (Å²) < 4.78 is 1.64. The number of benzene rings is 1. The zero-order valence-electron chi connectivity index (χ0n) is 9.89.